The monoisotopic (exact) mass is 547 g/mol. The third kappa shape index (κ3) is 4.35. The van der Waals surface area contributed by atoms with Crippen LogP contribution in [0.15, 0.2) is 41.3 Å². The second-order valence-corrected chi connectivity index (χ2v) is 10.9. The third-order valence-electron chi connectivity index (χ3n) is 7.69. The van der Waals surface area contributed by atoms with E-state index in [-0.39, 0.29) is 47.8 Å². The zero-order valence-corrected chi connectivity index (χ0v) is 22.9. The number of benzene rings is 1. The van der Waals surface area contributed by atoms with Crippen molar-refractivity contribution in [1.82, 2.24) is 19.5 Å². The van der Waals surface area contributed by atoms with Crippen LogP contribution < -0.4 is 20.1 Å². The molecule has 0 aliphatic carbocycles. The highest BCUT2D eigenvalue weighted by molar-refractivity contribution is 5.91. The van der Waals surface area contributed by atoms with E-state index in [0.717, 1.165) is 12.8 Å². The number of pyridine rings is 2. The molecule has 3 aromatic heterocycles. The Morgan fingerprint density at radius 2 is 1.82 bits per heavy atom. The molecule has 6 rings (SSSR count). The minimum absolute atomic E-state index is 0.0133. The second-order valence-electron chi connectivity index (χ2n) is 10.9. The van der Waals surface area contributed by atoms with Gasteiger partial charge in [0.05, 0.1) is 11.1 Å². The lowest BCUT2D eigenvalue weighted by Crippen LogP contribution is -2.43. The summed E-state index contributed by atoms with van der Waals surface area (Å²) in [4.78, 5) is 29.9. The number of halogens is 2. The Morgan fingerprint density at radius 3 is 2.62 bits per heavy atom. The first-order valence-electron chi connectivity index (χ1n) is 13.7. The predicted molar refractivity (Wildman–Crippen MR) is 149 cm³/mol. The van der Waals surface area contributed by atoms with Gasteiger partial charge in [-0.1, -0.05) is 26.8 Å². The molecule has 10 heteroatoms. The quantitative estimate of drug-likeness (QED) is 0.321. The molecular weight excluding hydrogens is 516 g/mol. The van der Waals surface area contributed by atoms with Crippen molar-refractivity contribution in [2.75, 3.05) is 24.7 Å². The van der Waals surface area contributed by atoms with Gasteiger partial charge in [0.25, 0.3) is 0 Å². The van der Waals surface area contributed by atoms with Crippen LogP contribution in [0.3, 0.4) is 0 Å². The number of ether oxygens (including phenoxy) is 2. The highest BCUT2D eigenvalue weighted by Gasteiger charge is 2.30. The third-order valence-corrected chi connectivity index (χ3v) is 7.69. The van der Waals surface area contributed by atoms with Gasteiger partial charge in [-0.3, -0.25) is 4.98 Å². The number of hydrogen-bond acceptors (Lipinski definition) is 7. The molecular formula is C30H31F2N5O3. The lowest BCUT2D eigenvalue weighted by atomic mass is 9.95. The van der Waals surface area contributed by atoms with Crippen LogP contribution in [-0.2, 0) is 0 Å². The summed E-state index contributed by atoms with van der Waals surface area (Å²) in [6.07, 6.45) is 3.59. The minimum Gasteiger partial charge on any atom is -0.488 e. The number of fused-ring (bicyclic) bond motifs is 5. The maximum absolute atomic E-state index is 16.0. The molecule has 0 amide bonds. The van der Waals surface area contributed by atoms with Crippen LogP contribution in [0, 0.1) is 17.6 Å². The van der Waals surface area contributed by atoms with Crippen molar-refractivity contribution in [2.24, 2.45) is 5.92 Å². The van der Waals surface area contributed by atoms with Crippen molar-refractivity contribution in [2.45, 2.75) is 52.5 Å². The average Bonchev–Trinajstić information content (AvgIpc) is 2.92. The average molecular weight is 548 g/mol. The first kappa shape index (κ1) is 26.2. The van der Waals surface area contributed by atoms with E-state index >= 15 is 4.39 Å². The Hall–Kier alpha value is -4.08. The molecule has 208 valence electrons. The van der Waals surface area contributed by atoms with Crippen LogP contribution in [0.25, 0.3) is 28.0 Å². The van der Waals surface area contributed by atoms with E-state index in [1.807, 2.05) is 13.8 Å². The molecule has 4 aromatic rings. The SMILES string of the molecule is CC(C)c1nccc2c1-n1c(=O)nc(N3C[C@@H](C)CC[C@@H]3C)c3cc(F)c(nc31)-c1cccc(F)c1OCCO2. The zero-order chi connectivity index (χ0) is 28.1. The van der Waals surface area contributed by atoms with E-state index in [2.05, 4.69) is 28.7 Å². The van der Waals surface area contributed by atoms with Crippen LogP contribution in [0.5, 0.6) is 11.5 Å². The molecule has 8 nitrogen and oxygen atoms in total. The van der Waals surface area contributed by atoms with Crippen molar-refractivity contribution in [3.8, 4) is 28.4 Å². The number of rotatable bonds is 2. The molecule has 2 aliphatic heterocycles. The van der Waals surface area contributed by atoms with Crippen LogP contribution in [0.4, 0.5) is 14.6 Å². The minimum atomic E-state index is -0.669. The number of nitrogens with zero attached hydrogens (tertiary/aromatic N) is 5. The molecule has 2 aliphatic rings. The van der Waals surface area contributed by atoms with Gasteiger partial charge >= 0.3 is 5.69 Å². The first-order chi connectivity index (χ1) is 19.2. The lowest BCUT2D eigenvalue weighted by Gasteiger charge is -2.38. The molecule has 1 fully saturated rings. The topological polar surface area (TPSA) is 82.4 Å². The summed E-state index contributed by atoms with van der Waals surface area (Å²) in [6, 6.07) is 7.37. The molecule has 0 N–H and O–H groups in total. The smallest absolute Gasteiger partial charge is 0.356 e. The van der Waals surface area contributed by atoms with Crippen molar-refractivity contribution in [1.29, 1.82) is 0 Å². The Labute approximate surface area is 230 Å². The van der Waals surface area contributed by atoms with E-state index < -0.39 is 17.3 Å². The van der Waals surface area contributed by atoms with E-state index in [4.69, 9.17) is 14.5 Å². The molecule has 1 saturated heterocycles. The molecule has 1 aromatic carbocycles. The standard InChI is InChI=1S/C30H31F2N5O3/c1-16(2)24-26-23(10-11-33-24)39-12-13-40-27-19(6-5-7-21(27)31)25-22(32)14-20-28(35-30(38)37(26)29(20)34-25)36-15-17(3)8-9-18(36)4/h5-7,10-11,14,16-18H,8-9,12-13,15H2,1-4H3/t17-,18-/m0/s1. The fraction of sp³-hybridized carbons (Fsp3) is 0.400. The Kier molecular flexibility index (Phi) is 6.64. The zero-order valence-electron chi connectivity index (χ0n) is 22.9. The molecule has 0 saturated carbocycles. The molecule has 5 heterocycles. The van der Waals surface area contributed by atoms with Gasteiger partial charge < -0.3 is 14.4 Å². The van der Waals surface area contributed by atoms with E-state index in [9.17, 15) is 9.18 Å². The highest BCUT2D eigenvalue weighted by Crippen LogP contribution is 2.39. The van der Waals surface area contributed by atoms with Gasteiger partial charge in [0.1, 0.15) is 36.2 Å². The normalized spacial score (nSPS) is 18.9. The van der Waals surface area contributed by atoms with Crippen molar-refractivity contribution >= 4 is 16.9 Å². The lowest BCUT2D eigenvalue weighted by molar-refractivity contribution is 0.211. The summed E-state index contributed by atoms with van der Waals surface area (Å²) < 4.78 is 44.1. The van der Waals surface area contributed by atoms with Crippen LogP contribution >= 0.6 is 0 Å². The van der Waals surface area contributed by atoms with E-state index in [0.29, 0.717) is 40.8 Å². The number of para-hydroxylation sites is 1. The maximum atomic E-state index is 16.0. The highest BCUT2D eigenvalue weighted by atomic mass is 19.1. The van der Waals surface area contributed by atoms with Gasteiger partial charge in [0.2, 0.25) is 0 Å². The van der Waals surface area contributed by atoms with Gasteiger partial charge in [-0.25, -0.2) is 23.1 Å². The molecule has 0 unspecified atom stereocenters. The molecule has 0 radical (unpaired) electrons. The summed E-state index contributed by atoms with van der Waals surface area (Å²) in [7, 11) is 0. The predicted octanol–water partition coefficient (Wildman–Crippen LogP) is 5.64. The Bertz CT molecular complexity index is 1670. The van der Waals surface area contributed by atoms with Gasteiger partial charge in [0.15, 0.2) is 23.0 Å². The van der Waals surface area contributed by atoms with Crippen LogP contribution in [0.1, 0.15) is 52.1 Å². The van der Waals surface area contributed by atoms with Gasteiger partial charge in [-0.05, 0) is 49.8 Å². The van der Waals surface area contributed by atoms with Gasteiger partial charge in [0, 0.05) is 30.4 Å². The Morgan fingerprint density at radius 1 is 1.02 bits per heavy atom. The Balaban J connectivity index is 1.75. The van der Waals surface area contributed by atoms with Crippen molar-refractivity contribution < 1.29 is 18.3 Å². The molecule has 2 bridgehead atoms. The van der Waals surface area contributed by atoms with Crippen LogP contribution in [0.2, 0.25) is 0 Å². The summed E-state index contributed by atoms with van der Waals surface area (Å²) in [5.74, 6) is -0.387. The maximum Gasteiger partial charge on any atom is 0.356 e. The summed E-state index contributed by atoms with van der Waals surface area (Å²) in [5.41, 5.74) is 0.639. The molecule has 2 atom stereocenters. The van der Waals surface area contributed by atoms with Gasteiger partial charge in [-0.2, -0.15) is 4.98 Å². The van der Waals surface area contributed by atoms with E-state index in [1.165, 1.54) is 22.8 Å². The molecule has 40 heavy (non-hydrogen) atoms. The number of hydrogen-bond donors (Lipinski definition) is 0. The largest absolute Gasteiger partial charge is 0.488 e. The van der Waals surface area contributed by atoms with Gasteiger partial charge in [-0.15, -0.1) is 0 Å². The second kappa shape index (κ2) is 10.1. The fourth-order valence-corrected chi connectivity index (χ4v) is 5.65. The van der Waals surface area contributed by atoms with Crippen molar-refractivity contribution in [3.63, 3.8) is 0 Å². The summed E-state index contributed by atoms with van der Waals surface area (Å²) >= 11 is 0. The number of anilines is 1. The van der Waals surface area contributed by atoms with Crippen LogP contribution in [-0.4, -0.2) is 45.3 Å². The summed E-state index contributed by atoms with van der Waals surface area (Å²) in [5, 5.41) is 0.377. The number of piperidine rings is 1. The molecule has 0 spiro atoms. The number of aromatic nitrogens is 4. The first-order valence-corrected chi connectivity index (χ1v) is 13.7. The van der Waals surface area contributed by atoms with Crippen molar-refractivity contribution in [3.05, 3.63) is 64.3 Å². The van der Waals surface area contributed by atoms with E-state index in [1.54, 1.807) is 18.3 Å². The summed E-state index contributed by atoms with van der Waals surface area (Å²) in [6.45, 7) is 8.87. The fourth-order valence-electron chi connectivity index (χ4n) is 5.65.